The Labute approximate surface area is 195 Å². The highest BCUT2D eigenvalue weighted by Crippen LogP contribution is 2.33. The standard InChI is InChI=1S/C24H27N5O3S/c30-20(27-28-21(31)14-29-13-5-7-15-6-1-3-9-17(15)29)12-11-19-25-23(32)22-16-8-2-4-10-18(16)33-24(22)26-19/h1,3,6,9H,2,4-5,7-8,10-14H2,(H,27,30)(H,28,31)(H,25,26,32). The molecule has 5 rings (SSSR count). The van der Waals surface area contributed by atoms with Crippen molar-refractivity contribution in [2.75, 3.05) is 18.0 Å². The van der Waals surface area contributed by atoms with Crippen LogP contribution in [0.15, 0.2) is 29.1 Å². The van der Waals surface area contributed by atoms with E-state index < -0.39 is 0 Å². The number of H-pyrrole nitrogens is 1. The third-order valence-electron chi connectivity index (χ3n) is 6.35. The van der Waals surface area contributed by atoms with Gasteiger partial charge in [-0.25, -0.2) is 4.98 Å². The maximum absolute atomic E-state index is 12.6. The van der Waals surface area contributed by atoms with Crippen molar-refractivity contribution >= 4 is 39.1 Å². The van der Waals surface area contributed by atoms with Crippen molar-refractivity contribution < 1.29 is 9.59 Å². The molecule has 172 valence electrons. The molecule has 3 aromatic rings. The van der Waals surface area contributed by atoms with Gasteiger partial charge in [0.2, 0.25) is 5.91 Å². The minimum absolute atomic E-state index is 0.117. The monoisotopic (exact) mass is 465 g/mol. The first-order chi connectivity index (χ1) is 16.1. The van der Waals surface area contributed by atoms with Crippen molar-refractivity contribution in [3.8, 4) is 0 Å². The molecule has 0 saturated heterocycles. The number of rotatable bonds is 5. The molecule has 3 N–H and O–H groups in total. The Morgan fingerprint density at radius 1 is 1.06 bits per heavy atom. The lowest BCUT2D eigenvalue weighted by molar-refractivity contribution is -0.128. The molecule has 0 saturated carbocycles. The molecule has 0 fully saturated rings. The van der Waals surface area contributed by atoms with Gasteiger partial charge in [-0.15, -0.1) is 11.3 Å². The van der Waals surface area contributed by atoms with Crippen molar-refractivity contribution in [1.82, 2.24) is 20.8 Å². The molecule has 9 heteroatoms. The van der Waals surface area contributed by atoms with Gasteiger partial charge in [0.1, 0.15) is 10.7 Å². The predicted octanol–water partition coefficient (Wildman–Crippen LogP) is 2.40. The van der Waals surface area contributed by atoms with E-state index in [2.05, 4.69) is 26.9 Å². The number of carbonyl (C=O) groups excluding carboxylic acids is 2. The molecule has 0 unspecified atom stereocenters. The van der Waals surface area contributed by atoms with Crippen LogP contribution < -0.4 is 21.3 Å². The first-order valence-electron chi connectivity index (χ1n) is 11.5. The van der Waals surface area contributed by atoms with Gasteiger partial charge in [0.15, 0.2) is 0 Å². The lowest BCUT2D eigenvalue weighted by Crippen LogP contribution is -2.47. The third kappa shape index (κ3) is 4.64. The van der Waals surface area contributed by atoms with Gasteiger partial charge in [0.05, 0.1) is 11.9 Å². The highest BCUT2D eigenvalue weighted by Gasteiger charge is 2.21. The fraction of sp³-hybridized carbons (Fsp3) is 0.417. The van der Waals surface area contributed by atoms with Gasteiger partial charge in [-0.1, -0.05) is 18.2 Å². The first-order valence-corrected chi connectivity index (χ1v) is 12.3. The van der Waals surface area contributed by atoms with Crippen LogP contribution in [0, 0.1) is 0 Å². The molecule has 0 atom stereocenters. The van der Waals surface area contributed by atoms with Gasteiger partial charge in [-0.05, 0) is 55.7 Å². The highest BCUT2D eigenvalue weighted by atomic mass is 32.1. The summed E-state index contributed by atoms with van der Waals surface area (Å²) in [6, 6.07) is 8.09. The number of nitrogens with zero attached hydrogens (tertiary/aromatic N) is 2. The van der Waals surface area contributed by atoms with Crippen LogP contribution in [-0.4, -0.2) is 34.9 Å². The smallest absolute Gasteiger partial charge is 0.259 e. The van der Waals surface area contributed by atoms with Crippen LogP contribution in [0.1, 0.15) is 47.5 Å². The maximum atomic E-state index is 12.6. The largest absolute Gasteiger partial charge is 0.362 e. The summed E-state index contributed by atoms with van der Waals surface area (Å²) >= 11 is 1.59. The van der Waals surface area contributed by atoms with E-state index in [1.54, 1.807) is 11.3 Å². The second kappa shape index (κ2) is 9.35. The number of fused-ring (bicyclic) bond motifs is 4. The Hall–Kier alpha value is -3.20. The van der Waals surface area contributed by atoms with Gasteiger partial charge < -0.3 is 9.88 Å². The van der Waals surface area contributed by atoms with Crippen molar-refractivity contribution in [3.05, 3.63) is 56.4 Å². The number of hydrazine groups is 1. The van der Waals surface area contributed by atoms with Gasteiger partial charge in [0, 0.05) is 30.0 Å². The molecule has 0 spiro atoms. The van der Waals surface area contributed by atoms with Crippen LogP contribution in [0.5, 0.6) is 0 Å². The number of nitrogens with one attached hydrogen (secondary N) is 3. The molecular formula is C24H27N5O3S. The summed E-state index contributed by atoms with van der Waals surface area (Å²) in [7, 11) is 0. The number of para-hydroxylation sites is 1. The summed E-state index contributed by atoms with van der Waals surface area (Å²) in [6.07, 6.45) is 6.64. The maximum Gasteiger partial charge on any atom is 0.259 e. The molecular weight excluding hydrogens is 438 g/mol. The topological polar surface area (TPSA) is 107 Å². The van der Waals surface area contributed by atoms with Crippen LogP contribution in [0.2, 0.25) is 0 Å². The van der Waals surface area contributed by atoms with Crippen LogP contribution in [0.25, 0.3) is 10.2 Å². The zero-order chi connectivity index (χ0) is 22.8. The summed E-state index contributed by atoms with van der Waals surface area (Å²) in [5, 5.41) is 0.717. The number of aromatic nitrogens is 2. The molecule has 2 amide bonds. The summed E-state index contributed by atoms with van der Waals surface area (Å²) in [4.78, 5) is 48.7. The van der Waals surface area contributed by atoms with Gasteiger partial charge in [-0.3, -0.25) is 25.2 Å². The molecule has 8 nitrogen and oxygen atoms in total. The number of hydrogen-bond acceptors (Lipinski definition) is 6. The number of benzene rings is 1. The van der Waals surface area contributed by atoms with Crippen LogP contribution in [0.3, 0.4) is 0 Å². The number of aromatic amines is 1. The van der Waals surface area contributed by atoms with Crippen LogP contribution >= 0.6 is 11.3 Å². The van der Waals surface area contributed by atoms with Gasteiger partial charge >= 0.3 is 0 Å². The minimum atomic E-state index is -0.324. The van der Waals surface area contributed by atoms with Gasteiger partial charge in [-0.2, -0.15) is 0 Å². The lowest BCUT2D eigenvalue weighted by atomic mass is 9.97. The fourth-order valence-electron chi connectivity index (χ4n) is 4.75. The van der Waals surface area contributed by atoms with E-state index in [9.17, 15) is 14.4 Å². The molecule has 0 radical (unpaired) electrons. The highest BCUT2D eigenvalue weighted by molar-refractivity contribution is 7.18. The Balaban J connectivity index is 1.14. The quantitative estimate of drug-likeness (QED) is 0.502. The van der Waals surface area contributed by atoms with E-state index in [1.165, 1.54) is 10.4 Å². The van der Waals surface area contributed by atoms with Crippen LogP contribution in [0.4, 0.5) is 5.69 Å². The van der Waals surface area contributed by atoms with E-state index in [4.69, 9.17) is 0 Å². The molecule has 33 heavy (non-hydrogen) atoms. The number of aryl methyl sites for hydroxylation is 4. The average Bonchev–Trinajstić information content (AvgIpc) is 3.20. The molecule has 2 aromatic heterocycles. The van der Waals surface area contributed by atoms with Crippen molar-refractivity contribution in [1.29, 1.82) is 0 Å². The van der Waals surface area contributed by atoms with E-state index in [0.717, 1.165) is 66.5 Å². The van der Waals surface area contributed by atoms with Crippen molar-refractivity contribution in [2.45, 2.75) is 51.4 Å². The lowest BCUT2D eigenvalue weighted by Gasteiger charge is -2.30. The first kappa shape index (κ1) is 21.6. The fourth-order valence-corrected chi connectivity index (χ4v) is 6.03. The molecule has 1 aliphatic carbocycles. The number of amides is 2. The Morgan fingerprint density at radius 2 is 1.88 bits per heavy atom. The zero-order valence-corrected chi connectivity index (χ0v) is 19.2. The Kier molecular flexibility index (Phi) is 6.13. The summed E-state index contributed by atoms with van der Waals surface area (Å²) in [6.45, 7) is 0.998. The Bertz CT molecular complexity index is 1260. The predicted molar refractivity (Wildman–Crippen MR) is 128 cm³/mol. The third-order valence-corrected chi connectivity index (χ3v) is 7.53. The van der Waals surface area contributed by atoms with E-state index in [1.807, 2.05) is 23.1 Å². The molecule has 0 bridgehead atoms. The number of anilines is 1. The number of thiophene rings is 1. The second-order valence-corrected chi connectivity index (χ2v) is 9.74. The van der Waals surface area contributed by atoms with E-state index in [-0.39, 0.29) is 30.3 Å². The van der Waals surface area contributed by atoms with E-state index >= 15 is 0 Å². The normalized spacial score (nSPS) is 15.1. The van der Waals surface area contributed by atoms with E-state index in [0.29, 0.717) is 12.2 Å². The van der Waals surface area contributed by atoms with Gasteiger partial charge in [0.25, 0.3) is 11.5 Å². The van der Waals surface area contributed by atoms with Crippen LogP contribution in [-0.2, 0) is 35.3 Å². The molecule has 2 aliphatic rings. The average molecular weight is 466 g/mol. The summed E-state index contributed by atoms with van der Waals surface area (Å²) < 4.78 is 0. The second-order valence-electron chi connectivity index (χ2n) is 8.65. The molecule has 1 aromatic carbocycles. The number of hydrogen-bond donors (Lipinski definition) is 3. The molecule has 3 heterocycles. The molecule has 1 aliphatic heterocycles. The summed E-state index contributed by atoms with van der Waals surface area (Å²) in [5.74, 6) is -0.0923. The SMILES string of the molecule is O=C(CCc1nc2sc3c(c2c(=O)[nH]1)CCCC3)NNC(=O)CN1CCCc2ccccc21. The van der Waals surface area contributed by atoms with Crippen molar-refractivity contribution in [2.24, 2.45) is 0 Å². The van der Waals surface area contributed by atoms with Crippen molar-refractivity contribution in [3.63, 3.8) is 0 Å². The number of carbonyl (C=O) groups is 2. The Morgan fingerprint density at radius 3 is 2.79 bits per heavy atom. The minimum Gasteiger partial charge on any atom is -0.362 e. The summed E-state index contributed by atoms with van der Waals surface area (Å²) in [5.41, 5.74) is 8.32. The zero-order valence-electron chi connectivity index (χ0n) is 18.4.